The fourth-order valence-corrected chi connectivity index (χ4v) is 17.7. The van der Waals surface area contributed by atoms with E-state index in [-0.39, 0.29) is 0 Å². The van der Waals surface area contributed by atoms with Crippen molar-refractivity contribution in [2.24, 2.45) is 0 Å². The van der Waals surface area contributed by atoms with Gasteiger partial charge in [0.1, 0.15) is 0 Å². The summed E-state index contributed by atoms with van der Waals surface area (Å²) in [4.78, 5) is 4.77. The normalized spacial score (nSPS) is 12.9. The van der Waals surface area contributed by atoms with Crippen LogP contribution in [0.4, 0.5) is 28.4 Å². The first-order valence-corrected chi connectivity index (χ1v) is 46.5. The quantitative estimate of drug-likeness (QED) is 0.0662. The van der Waals surface area contributed by atoms with Gasteiger partial charge in [0.25, 0.3) is 0 Å². The van der Waals surface area contributed by atoms with Crippen LogP contribution in [0.1, 0.15) is 79.4 Å². The van der Waals surface area contributed by atoms with Crippen LogP contribution < -0.4 is 39.5 Å². The summed E-state index contributed by atoms with van der Waals surface area (Å²) >= 11 is -4.04. The zero-order valence-corrected chi connectivity index (χ0v) is 59.0. The van der Waals surface area contributed by atoms with E-state index in [0.717, 1.165) is 74.8 Å². The van der Waals surface area contributed by atoms with Crippen LogP contribution in [0.15, 0.2) is 225 Å². The molecule has 0 aliphatic heterocycles. The van der Waals surface area contributed by atoms with Gasteiger partial charge in [-0.05, 0) is 59.9 Å². The van der Waals surface area contributed by atoms with Gasteiger partial charge in [0, 0.05) is 0 Å². The minimum Gasteiger partial charge on any atom is -0.0683 e. The number of fused-ring (bicyclic) bond motifs is 2. The van der Waals surface area contributed by atoms with Crippen molar-refractivity contribution in [3.05, 3.63) is 257 Å². The molecular formula is C84H90Ge2N2. The monoisotopic (exact) mass is 1270 g/mol. The van der Waals surface area contributed by atoms with E-state index in [4.69, 9.17) is 0 Å². The first-order valence-electron chi connectivity index (χ1n) is 31.9. The van der Waals surface area contributed by atoms with E-state index in [1.54, 1.807) is 0 Å². The molecule has 0 bridgehead atoms. The number of benzene rings is 10. The first kappa shape index (κ1) is 64.3. The number of allylic oxidation sites excluding steroid dienone is 3. The average Bonchev–Trinajstić information content (AvgIpc) is 0.996. The summed E-state index contributed by atoms with van der Waals surface area (Å²) in [6.45, 7) is 26.3. The Labute approximate surface area is 532 Å². The summed E-state index contributed by atoms with van der Waals surface area (Å²) in [6.07, 6.45) is 22.0. The smallest absolute Gasteiger partial charge is 0.0683 e. The van der Waals surface area contributed by atoms with Gasteiger partial charge >= 0.3 is 369 Å². The van der Waals surface area contributed by atoms with Crippen molar-refractivity contribution >= 4 is 122 Å². The standard InChI is InChI=1S/C82H84Ge2N2.C2H6/c1-15-30-61(31-16-2)85(65-51-43-59(44-52-65)83(9,10)11)63-47-39-57(40-48-63)79-68(19-5)70(21-7)81(75-37-28-26-35-73(75)79)77-55-56-78(72(32-17-3)67(77)18-4)82-71(22-8)69(20-6)80(74-36-27-29-38-76(74)82)58-41-49-64(50-42-58)86(62-33-24-23-25-34-62)66-53-45-60(46-54-66)84(12,13)14;1-2/h15,18-56H,5,7,16-17H2,1-4,6,8-14H3;1-2H3/b30-15-,61-31+,67-18+,69-20+,71-22+,72-32+;. The molecule has 0 amide bonds. The van der Waals surface area contributed by atoms with Crippen LogP contribution in [0, 0.1) is 0 Å². The molecule has 0 aromatic heterocycles. The third-order valence-electron chi connectivity index (χ3n) is 16.9. The number of hydrogen-bond acceptors (Lipinski definition) is 2. The van der Waals surface area contributed by atoms with Crippen LogP contribution in [0.2, 0.25) is 34.5 Å². The third-order valence-corrected chi connectivity index (χ3v) is 25.6. The molecule has 0 fully saturated rings. The zero-order chi connectivity index (χ0) is 62.9. The van der Waals surface area contributed by atoms with Crippen molar-refractivity contribution in [1.29, 1.82) is 0 Å². The molecule has 10 rings (SSSR count). The van der Waals surface area contributed by atoms with Crippen LogP contribution in [-0.2, 0) is 0 Å². The Balaban J connectivity index is 0.00000456. The molecule has 0 saturated carbocycles. The maximum Gasteiger partial charge on any atom is -0.0683 e. The summed E-state index contributed by atoms with van der Waals surface area (Å²) in [6, 6.07) is 70.5. The summed E-state index contributed by atoms with van der Waals surface area (Å²) in [5, 5.41) is 9.69. The van der Waals surface area contributed by atoms with Crippen molar-refractivity contribution in [2.45, 2.75) is 103 Å². The molecule has 0 N–H and O–H groups in total. The second-order valence-corrected chi connectivity index (χ2v) is 45.7. The molecule has 10 aromatic carbocycles. The van der Waals surface area contributed by atoms with E-state index in [9.17, 15) is 0 Å². The molecule has 2 nitrogen and oxygen atoms in total. The molecule has 0 unspecified atom stereocenters. The summed E-state index contributed by atoms with van der Waals surface area (Å²) in [5.41, 5.74) is 18.5. The van der Waals surface area contributed by atoms with Gasteiger partial charge in [-0.3, -0.25) is 0 Å². The second-order valence-electron chi connectivity index (χ2n) is 24.4. The summed E-state index contributed by atoms with van der Waals surface area (Å²) in [7, 11) is 0. The number of anilines is 5. The van der Waals surface area contributed by atoms with E-state index in [1.807, 2.05) is 19.9 Å². The number of para-hydroxylation sites is 1. The fraction of sp³-hybridized carbons (Fsp3) is 0.190. The largest absolute Gasteiger partial charge is 0.0683 e. The van der Waals surface area contributed by atoms with Gasteiger partial charge in [-0.25, -0.2) is 0 Å². The minimum absolute atomic E-state index is 0.870. The first-order chi connectivity index (χ1) is 42.6. The van der Waals surface area contributed by atoms with Crippen LogP contribution >= 0.6 is 0 Å². The van der Waals surface area contributed by atoms with Gasteiger partial charge in [-0.2, -0.15) is 0 Å². The Kier molecular flexibility index (Phi) is 20.7. The number of hydrogen-bond donors (Lipinski definition) is 0. The summed E-state index contributed by atoms with van der Waals surface area (Å²) in [5.74, 6) is 14.7. The van der Waals surface area contributed by atoms with Gasteiger partial charge in [0.15, 0.2) is 0 Å². The van der Waals surface area contributed by atoms with E-state index in [2.05, 4.69) is 336 Å². The van der Waals surface area contributed by atoms with E-state index in [1.165, 1.54) is 79.0 Å². The second kappa shape index (κ2) is 28.3. The van der Waals surface area contributed by atoms with Crippen LogP contribution in [-0.4, -0.2) is 26.5 Å². The molecule has 0 spiro atoms. The molecule has 0 aliphatic carbocycles. The van der Waals surface area contributed by atoms with E-state index in [0.29, 0.717) is 0 Å². The Morgan fingerprint density at radius 1 is 0.398 bits per heavy atom. The molecule has 0 heterocycles. The van der Waals surface area contributed by atoms with E-state index < -0.39 is 26.5 Å². The van der Waals surface area contributed by atoms with Crippen molar-refractivity contribution in [3.8, 4) is 44.5 Å². The van der Waals surface area contributed by atoms with Gasteiger partial charge in [0.2, 0.25) is 0 Å². The molecule has 0 aliphatic rings. The Bertz CT molecular complexity index is 4480. The number of rotatable bonds is 17. The molecule has 0 saturated heterocycles. The predicted octanol–water partition coefficient (Wildman–Crippen LogP) is 21.1. The van der Waals surface area contributed by atoms with Crippen molar-refractivity contribution < 1.29 is 0 Å². The zero-order valence-electron chi connectivity index (χ0n) is 54.8. The molecule has 88 heavy (non-hydrogen) atoms. The Hall–Kier alpha value is -8.15. The fourth-order valence-electron chi connectivity index (χ4n) is 12.9. The third kappa shape index (κ3) is 12.8. The maximum absolute atomic E-state index is 4.56. The Morgan fingerprint density at radius 2 is 0.784 bits per heavy atom. The topological polar surface area (TPSA) is 6.48 Å². The van der Waals surface area contributed by atoms with Crippen molar-refractivity contribution in [3.63, 3.8) is 0 Å². The average molecular weight is 1270 g/mol. The molecule has 444 valence electrons. The maximum atomic E-state index is 4.56. The summed E-state index contributed by atoms with van der Waals surface area (Å²) < 4.78 is 3.00. The van der Waals surface area contributed by atoms with Crippen LogP contribution in [0.3, 0.4) is 0 Å². The molecule has 0 atom stereocenters. The van der Waals surface area contributed by atoms with Gasteiger partial charge in [0.05, 0.1) is 0 Å². The molecular weight excluding hydrogens is 1180 g/mol. The van der Waals surface area contributed by atoms with Crippen molar-refractivity contribution in [1.82, 2.24) is 0 Å². The SMILES string of the molecule is C=Cc1c(C=C)c(-c2ccc(-c3c(=C/C)/c(=C\C)c(-c4ccc(N(c5ccccc5)c5cc[c]([Ge]([CH3])([CH3])[CH3])cc5)cc4)c4ccccc34)c(=C/CC)/c2=C\C)c2ccccc2c1-c1ccc(N(C(/C=C\C)=C/CC)c2cc[c]([Ge]([CH3])([CH3])[CH3])cc2)cc1.CC. The van der Waals surface area contributed by atoms with Gasteiger partial charge in [-0.15, -0.1) is 0 Å². The van der Waals surface area contributed by atoms with Crippen molar-refractivity contribution in [2.75, 3.05) is 9.80 Å². The molecule has 10 aromatic rings. The van der Waals surface area contributed by atoms with Gasteiger partial charge < -0.3 is 0 Å². The Morgan fingerprint density at radius 3 is 1.24 bits per heavy atom. The van der Waals surface area contributed by atoms with Crippen LogP contribution in [0.25, 0.3) is 103 Å². The minimum atomic E-state index is -2.02. The number of nitrogens with zero attached hydrogens (tertiary/aromatic N) is 2. The predicted molar refractivity (Wildman–Crippen MR) is 401 cm³/mol. The van der Waals surface area contributed by atoms with Gasteiger partial charge in [-0.1, -0.05) is 107 Å². The van der Waals surface area contributed by atoms with E-state index >= 15 is 0 Å². The molecule has 4 heteroatoms. The van der Waals surface area contributed by atoms with Crippen LogP contribution in [0.5, 0.6) is 0 Å². The molecule has 0 radical (unpaired) electrons.